The SMILES string of the molecule is N[C@H](C[C@H](N)[C@@H](O)C[C@@H](N)C(=O)O)C(=O)O. The molecule has 0 fully saturated rings. The first kappa shape index (κ1) is 14.8. The Morgan fingerprint density at radius 1 is 0.938 bits per heavy atom. The van der Waals surface area contributed by atoms with Crippen molar-refractivity contribution in [2.24, 2.45) is 17.2 Å². The van der Waals surface area contributed by atoms with E-state index in [1.807, 2.05) is 0 Å². The fraction of sp³-hybridized carbons (Fsp3) is 0.750. The van der Waals surface area contributed by atoms with Crippen molar-refractivity contribution in [1.82, 2.24) is 0 Å². The minimum absolute atomic E-state index is 0.150. The number of aliphatic hydroxyl groups is 1. The van der Waals surface area contributed by atoms with Gasteiger partial charge in [-0.15, -0.1) is 0 Å². The predicted molar refractivity (Wildman–Crippen MR) is 54.4 cm³/mol. The summed E-state index contributed by atoms with van der Waals surface area (Å²) in [4.78, 5) is 20.8. The molecule has 0 rings (SSSR count). The van der Waals surface area contributed by atoms with Crippen molar-refractivity contribution < 1.29 is 24.9 Å². The molecule has 8 heteroatoms. The lowest BCUT2D eigenvalue weighted by Crippen LogP contribution is -2.46. The fourth-order valence-corrected chi connectivity index (χ4v) is 1.09. The van der Waals surface area contributed by atoms with Crippen LogP contribution in [0.3, 0.4) is 0 Å². The molecule has 0 aliphatic carbocycles. The molecule has 4 atom stereocenters. The van der Waals surface area contributed by atoms with Crippen LogP contribution in [0.25, 0.3) is 0 Å². The fourth-order valence-electron chi connectivity index (χ4n) is 1.09. The molecule has 0 saturated heterocycles. The molecule has 0 amide bonds. The Balaban J connectivity index is 4.13. The van der Waals surface area contributed by atoms with Crippen molar-refractivity contribution >= 4 is 11.9 Å². The van der Waals surface area contributed by atoms with Crippen LogP contribution in [-0.4, -0.2) is 51.5 Å². The average Bonchev–Trinajstić information content (AvgIpc) is 2.16. The first-order valence-corrected chi connectivity index (χ1v) is 4.66. The minimum atomic E-state index is -1.26. The van der Waals surface area contributed by atoms with Gasteiger partial charge in [0.1, 0.15) is 12.1 Å². The molecule has 0 spiro atoms. The van der Waals surface area contributed by atoms with Crippen LogP contribution in [0.4, 0.5) is 0 Å². The van der Waals surface area contributed by atoms with Crippen molar-refractivity contribution in [3.63, 3.8) is 0 Å². The highest BCUT2D eigenvalue weighted by molar-refractivity contribution is 5.73. The minimum Gasteiger partial charge on any atom is -0.480 e. The molecule has 0 radical (unpaired) electrons. The molecule has 0 saturated carbocycles. The molecule has 0 aromatic carbocycles. The summed E-state index contributed by atoms with van der Waals surface area (Å²) in [5.41, 5.74) is 15.9. The van der Waals surface area contributed by atoms with E-state index in [0.29, 0.717) is 0 Å². The summed E-state index contributed by atoms with van der Waals surface area (Å²) in [6.45, 7) is 0. The summed E-state index contributed by atoms with van der Waals surface area (Å²) in [7, 11) is 0. The van der Waals surface area contributed by atoms with E-state index in [9.17, 15) is 14.7 Å². The molecule has 8 nitrogen and oxygen atoms in total. The average molecular weight is 235 g/mol. The molecule has 0 aliphatic rings. The van der Waals surface area contributed by atoms with Gasteiger partial charge in [0.2, 0.25) is 0 Å². The Hall–Kier alpha value is -1.22. The number of hydrogen-bond acceptors (Lipinski definition) is 6. The number of hydrogen-bond donors (Lipinski definition) is 6. The maximum Gasteiger partial charge on any atom is 0.320 e. The van der Waals surface area contributed by atoms with E-state index in [1.54, 1.807) is 0 Å². The lowest BCUT2D eigenvalue weighted by Gasteiger charge is -2.21. The van der Waals surface area contributed by atoms with Crippen LogP contribution in [0.15, 0.2) is 0 Å². The molecule has 94 valence electrons. The quantitative estimate of drug-likeness (QED) is 0.276. The van der Waals surface area contributed by atoms with Crippen LogP contribution < -0.4 is 17.2 Å². The standard InChI is InChI=1S/C8H17N3O5/c9-3(1-4(10)7(13)14)6(12)2-5(11)8(15)16/h3-6,12H,1-2,9-11H2,(H,13,14)(H,15,16)/t3-,4+,5+,6-/m0/s1. The van der Waals surface area contributed by atoms with Gasteiger partial charge in [-0.3, -0.25) is 9.59 Å². The first-order valence-electron chi connectivity index (χ1n) is 4.66. The van der Waals surface area contributed by atoms with Crippen molar-refractivity contribution in [2.75, 3.05) is 0 Å². The Labute approximate surface area is 92.0 Å². The zero-order chi connectivity index (χ0) is 12.9. The zero-order valence-corrected chi connectivity index (χ0v) is 8.61. The van der Waals surface area contributed by atoms with E-state index >= 15 is 0 Å². The second-order valence-corrected chi connectivity index (χ2v) is 3.59. The van der Waals surface area contributed by atoms with Crippen LogP contribution in [0, 0.1) is 0 Å². The number of aliphatic hydroxyl groups excluding tert-OH is 1. The van der Waals surface area contributed by atoms with Gasteiger partial charge in [0.25, 0.3) is 0 Å². The number of carboxylic acid groups (broad SMARTS) is 2. The molecule has 9 N–H and O–H groups in total. The Bertz CT molecular complexity index is 234. The van der Waals surface area contributed by atoms with Gasteiger partial charge in [-0.1, -0.05) is 0 Å². The van der Waals surface area contributed by atoms with Gasteiger partial charge in [-0.2, -0.15) is 0 Å². The lowest BCUT2D eigenvalue weighted by molar-refractivity contribution is -0.140. The summed E-state index contributed by atoms with van der Waals surface area (Å²) in [5.74, 6) is -2.49. The number of carbonyl (C=O) groups is 2. The third kappa shape index (κ3) is 5.03. The highest BCUT2D eigenvalue weighted by Crippen LogP contribution is 2.05. The summed E-state index contributed by atoms with van der Waals surface area (Å²) in [6.07, 6.45) is -1.59. The third-order valence-corrected chi connectivity index (χ3v) is 2.15. The van der Waals surface area contributed by atoms with E-state index in [4.69, 9.17) is 27.4 Å². The maximum atomic E-state index is 10.4. The second kappa shape index (κ2) is 6.38. The van der Waals surface area contributed by atoms with Crippen molar-refractivity contribution in [3.8, 4) is 0 Å². The highest BCUT2D eigenvalue weighted by Gasteiger charge is 2.25. The molecule has 0 aliphatic heterocycles. The van der Waals surface area contributed by atoms with Crippen LogP contribution in [0.5, 0.6) is 0 Å². The zero-order valence-electron chi connectivity index (χ0n) is 8.61. The normalized spacial score (nSPS) is 18.5. The van der Waals surface area contributed by atoms with Crippen LogP contribution in [-0.2, 0) is 9.59 Å². The van der Waals surface area contributed by atoms with Gasteiger partial charge >= 0.3 is 11.9 Å². The van der Waals surface area contributed by atoms with E-state index < -0.39 is 36.2 Å². The van der Waals surface area contributed by atoms with Gasteiger partial charge in [-0.05, 0) is 6.42 Å². The van der Waals surface area contributed by atoms with E-state index in [1.165, 1.54) is 0 Å². The van der Waals surface area contributed by atoms with Gasteiger partial charge in [0, 0.05) is 12.5 Å². The third-order valence-electron chi connectivity index (χ3n) is 2.15. The van der Waals surface area contributed by atoms with Gasteiger partial charge in [0.15, 0.2) is 0 Å². The number of carboxylic acids is 2. The summed E-state index contributed by atoms with van der Waals surface area (Å²) in [6, 6.07) is -3.34. The van der Waals surface area contributed by atoms with Crippen molar-refractivity contribution in [3.05, 3.63) is 0 Å². The molecule has 0 aromatic rings. The summed E-state index contributed by atoms with van der Waals surface area (Å²) >= 11 is 0. The van der Waals surface area contributed by atoms with Gasteiger partial charge in [0.05, 0.1) is 6.10 Å². The topological polar surface area (TPSA) is 173 Å². The monoisotopic (exact) mass is 235 g/mol. The highest BCUT2D eigenvalue weighted by atomic mass is 16.4. The van der Waals surface area contributed by atoms with Crippen LogP contribution in [0.1, 0.15) is 12.8 Å². The molecule has 0 heterocycles. The van der Waals surface area contributed by atoms with Crippen molar-refractivity contribution in [1.29, 1.82) is 0 Å². The summed E-state index contributed by atoms with van der Waals surface area (Å²) < 4.78 is 0. The molecule has 0 aromatic heterocycles. The molecular formula is C8H17N3O5. The van der Waals surface area contributed by atoms with E-state index in [-0.39, 0.29) is 12.8 Å². The summed E-state index contributed by atoms with van der Waals surface area (Å²) in [5, 5.41) is 26.4. The van der Waals surface area contributed by atoms with E-state index in [2.05, 4.69) is 0 Å². The van der Waals surface area contributed by atoms with Crippen LogP contribution >= 0.6 is 0 Å². The molecule has 0 bridgehead atoms. The number of aliphatic carboxylic acids is 2. The molecular weight excluding hydrogens is 218 g/mol. The Morgan fingerprint density at radius 2 is 1.31 bits per heavy atom. The smallest absolute Gasteiger partial charge is 0.320 e. The largest absolute Gasteiger partial charge is 0.480 e. The van der Waals surface area contributed by atoms with Gasteiger partial charge < -0.3 is 32.5 Å². The molecule has 16 heavy (non-hydrogen) atoms. The Kier molecular flexibility index (Phi) is 5.89. The molecule has 0 unspecified atom stereocenters. The van der Waals surface area contributed by atoms with Crippen molar-refractivity contribution in [2.45, 2.75) is 37.1 Å². The first-order chi connectivity index (χ1) is 7.25. The maximum absolute atomic E-state index is 10.4. The number of nitrogens with two attached hydrogens (primary N) is 3. The predicted octanol–water partition coefficient (Wildman–Crippen LogP) is -2.72. The van der Waals surface area contributed by atoms with E-state index in [0.717, 1.165) is 0 Å². The van der Waals surface area contributed by atoms with Gasteiger partial charge in [-0.25, -0.2) is 0 Å². The van der Waals surface area contributed by atoms with Crippen LogP contribution in [0.2, 0.25) is 0 Å². The second-order valence-electron chi connectivity index (χ2n) is 3.59. The Morgan fingerprint density at radius 3 is 1.69 bits per heavy atom. The lowest BCUT2D eigenvalue weighted by atomic mass is 9.98. The number of rotatable bonds is 7.